The minimum absolute atomic E-state index is 0.125. The van der Waals surface area contributed by atoms with Crippen LogP contribution in [0.5, 0.6) is 0 Å². The SMILES string of the molecule is CCOC(=O)C1=CC2[C@@H]3C(=O)N(c4ccccc4C)C(=O)[C@@H]3C1[C@@H]1C(=O)N(c3ccccc3C)C(=O)[C@@H]21. The average Bonchev–Trinajstić information content (AvgIpc) is 3.31. The lowest BCUT2D eigenvalue weighted by molar-refractivity contribution is -0.146. The molecule has 8 heteroatoms. The van der Waals surface area contributed by atoms with Crippen LogP contribution >= 0.6 is 0 Å². The van der Waals surface area contributed by atoms with E-state index in [9.17, 15) is 24.0 Å². The zero-order valence-corrected chi connectivity index (χ0v) is 20.7. The molecule has 188 valence electrons. The highest BCUT2D eigenvalue weighted by atomic mass is 16.5. The third-order valence-electron chi connectivity index (χ3n) is 8.35. The zero-order chi connectivity index (χ0) is 26.2. The van der Waals surface area contributed by atoms with Gasteiger partial charge in [0.05, 0.1) is 41.7 Å². The maximum Gasteiger partial charge on any atom is 0.334 e. The summed E-state index contributed by atoms with van der Waals surface area (Å²) in [7, 11) is 0. The van der Waals surface area contributed by atoms with Crippen molar-refractivity contribution in [3.05, 3.63) is 71.3 Å². The summed E-state index contributed by atoms with van der Waals surface area (Å²) >= 11 is 0. The number of imide groups is 2. The van der Waals surface area contributed by atoms with Gasteiger partial charge >= 0.3 is 5.97 Å². The Kier molecular flexibility index (Phi) is 5.19. The fourth-order valence-corrected chi connectivity index (χ4v) is 6.87. The summed E-state index contributed by atoms with van der Waals surface area (Å²) in [5.41, 5.74) is 2.69. The first kappa shape index (κ1) is 23.3. The van der Waals surface area contributed by atoms with E-state index < -0.39 is 65.1 Å². The van der Waals surface area contributed by atoms with Gasteiger partial charge in [0.15, 0.2) is 0 Å². The largest absolute Gasteiger partial charge is 0.463 e. The number of esters is 1. The molecule has 7 rings (SSSR count). The van der Waals surface area contributed by atoms with Gasteiger partial charge in [0.1, 0.15) is 0 Å². The molecule has 2 saturated heterocycles. The van der Waals surface area contributed by atoms with Crippen LogP contribution in [0.1, 0.15) is 18.1 Å². The first-order valence-corrected chi connectivity index (χ1v) is 12.5. The van der Waals surface area contributed by atoms with Crippen molar-refractivity contribution in [1.82, 2.24) is 0 Å². The van der Waals surface area contributed by atoms with E-state index in [1.807, 2.05) is 38.1 Å². The molecule has 0 N–H and O–H groups in total. The van der Waals surface area contributed by atoms with E-state index in [4.69, 9.17) is 4.74 Å². The van der Waals surface area contributed by atoms with E-state index in [2.05, 4.69) is 0 Å². The quantitative estimate of drug-likeness (QED) is 0.475. The van der Waals surface area contributed by atoms with Crippen LogP contribution in [-0.2, 0) is 28.7 Å². The summed E-state index contributed by atoms with van der Waals surface area (Å²) in [4.78, 5) is 70.9. The Balaban J connectivity index is 1.49. The monoisotopic (exact) mass is 498 g/mol. The van der Waals surface area contributed by atoms with Gasteiger partial charge in [-0.25, -0.2) is 14.6 Å². The molecular weight excluding hydrogens is 472 g/mol. The molecule has 3 fully saturated rings. The molecule has 2 aromatic carbocycles. The second-order valence-electron chi connectivity index (χ2n) is 10.1. The number of hydrogen-bond donors (Lipinski definition) is 0. The Morgan fingerprint density at radius 1 is 0.703 bits per heavy atom. The van der Waals surface area contributed by atoms with E-state index in [1.54, 1.807) is 37.3 Å². The molecule has 2 unspecified atom stereocenters. The molecule has 2 heterocycles. The number of carbonyl (C=O) groups excluding carboxylic acids is 5. The summed E-state index contributed by atoms with van der Waals surface area (Å²) in [6, 6.07) is 14.2. The predicted octanol–water partition coefficient (Wildman–Crippen LogP) is 2.96. The first-order chi connectivity index (χ1) is 17.8. The minimum Gasteiger partial charge on any atom is -0.463 e. The number of ether oxygens (including phenoxy) is 1. The molecular formula is C29H26N2O6. The van der Waals surface area contributed by atoms with Gasteiger partial charge in [-0.3, -0.25) is 19.2 Å². The Morgan fingerprint density at radius 2 is 1.14 bits per heavy atom. The van der Waals surface area contributed by atoms with Crippen molar-refractivity contribution in [2.45, 2.75) is 20.8 Å². The number of carbonyl (C=O) groups is 5. The number of allylic oxidation sites excluding steroid dienone is 1. The van der Waals surface area contributed by atoms with Crippen LogP contribution in [0, 0.1) is 49.4 Å². The highest BCUT2D eigenvalue weighted by Crippen LogP contribution is 2.61. The Bertz CT molecular complexity index is 1340. The van der Waals surface area contributed by atoms with Gasteiger partial charge in [0.2, 0.25) is 23.6 Å². The summed E-state index contributed by atoms with van der Waals surface area (Å²) in [5, 5.41) is 0. The molecule has 2 bridgehead atoms. The third kappa shape index (κ3) is 3.04. The minimum atomic E-state index is -0.921. The van der Waals surface area contributed by atoms with Gasteiger partial charge in [0.25, 0.3) is 0 Å². The number of rotatable bonds is 4. The molecule has 5 aliphatic rings. The number of anilines is 2. The Hall–Kier alpha value is -4.07. The van der Waals surface area contributed by atoms with Crippen LogP contribution in [0.3, 0.4) is 0 Å². The molecule has 0 spiro atoms. The third-order valence-corrected chi connectivity index (χ3v) is 8.35. The average molecular weight is 499 g/mol. The van der Waals surface area contributed by atoms with E-state index in [-0.39, 0.29) is 12.2 Å². The molecule has 8 nitrogen and oxygen atoms in total. The van der Waals surface area contributed by atoms with Crippen molar-refractivity contribution < 1.29 is 28.7 Å². The van der Waals surface area contributed by atoms with Crippen molar-refractivity contribution in [2.24, 2.45) is 35.5 Å². The zero-order valence-electron chi connectivity index (χ0n) is 20.7. The van der Waals surface area contributed by atoms with Crippen LogP contribution in [0.2, 0.25) is 0 Å². The van der Waals surface area contributed by atoms with Crippen molar-refractivity contribution in [3.8, 4) is 0 Å². The maximum atomic E-state index is 13.9. The van der Waals surface area contributed by atoms with E-state index in [0.717, 1.165) is 11.1 Å². The Morgan fingerprint density at radius 3 is 1.57 bits per heavy atom. The lowest BCUT2D eigenvalue weighted by Gasteiger charge is -2.46. The second kappa shape index (κ2) is 8.23. The predicted molar refractivity (Wildman–Crippen MR) is 133 cm³/mol. The molecule has 0 radical (unpaired) electrons. The lowest BCUT2D eigenvalue weighted by Crippen LogP contribution is -2.53. The van der Waals surface area contributed by atoms with E-state index in [0.29, 0.717) is 11.4 Å². The molecule has 0 aromatic heterocycles. The summed E-state index contributed by atoms with van der Waals surface area (Å²) in [5.74, 6) is -7.48. The molecule has 3 aliphatic carbocycles. The topological polar surface area (TPSA) is 101 Å². The smallest absolute Gasteiger partial charge is 0.334 e. The standard InChI is InChI=1S/C29H26N2O6/c1-4-37-29(36)17-13-16-21-23(27(34)30(25(21)32)18-11-7-5-9-14(18)2)20(17)24-22(16)26(33)31(28(24)35)19-12-8-6-10-15(19)3/h5-13,16,20-24H,4H2,1-3H3/t16?,20?,21-,22-,23-,24+/m0/s1. The molecule has 6 atom stereocenters. The Labute approximate surface area is 213 Å². The number of aryl methyl sites for hydroxylation is 2. The molecule has 1 saturated carbocycles. The fourth-order valence-electron chi connectivity index (χ4n) is 6.87. The van der Waals surface area contributed by atoms with Crippen LogP contribution in [-0.4, -0.2) is 36.2 Å². The maximum absolute atomic E-state index is 13.9. The second-order valence-corrected chi connectivity index (χ2v) is 10.1. The molecule has 2 aromatic rings. The van der Waals surface area contributed by atoms with Crippen molar-refractivity contribution in [3.63, 3.8) is 0 Å². The number of para-hydroxylation sites is 2. The van der Waals surface area contributed by atoms with Gasteiger partial charge in [-0.05, 0) is 44.0 Å². The van der Waals surface area contributed by atoms with Gasteiger partial charge in [-0.1, -0.05) is 42.5 Å². The first-order valence-electron chi connectivity index (χ1n) is 12.5. The molecule has 2 aliphatic heterocycles. The number of hydrogen-bond acceptors (Lipinski definition) is 6. The van der Waals surface area contributed by atoms with E-state index in [1.165, 1.54) is 9.80 Å². The van der Waals surface area contributed by atoms with Crippen LogP contribution in [0.15, 0.2) is 60.2 Å². The summed E-state index contributed by atoms with van der Waals surface area (Å²) in [6.07, 6.45) is 1.63. The van der Waals surface area contributed by atoms with Crippen molar-refractivity contribution >= 4 is 41.0 Å². The van der Waals surface area contributed by atoms with Gasteiger partial charge in [-0.2, -0.15) is 0 Å². The summed E-state index contributed by atoms with van der Waals surface area (Å²) in [6.45, 7) is 5.44. The van der Waals surface area contributed by atoms with Crippen LogP contribution < -0.4 is 9.80 Å². The number of amides is 4. The summed E-state index contributed by atoms with van der Waals surface area (Å²) < 4.78 is 5.29. The highest BCUT2D eigenvalue weighted by Gasteiger charge is 2.71. The number of nitrogens with zero attached hydrogens (tertiary/aromatic N) is 2. The normalized spacial score (nSPS) is 30.0. The van der Waals surface area contributed by atoms with Gasteiger partial charge in [0, 0.05) is 17.4 Å². The van der Waals surface area contributed by atoms with Crippen LogP contribution in [0.25, 0.3) is 0 Å². The fraction of sp³-hybridized carbons (Fsp3) is 0.345. The van der Waals surface area contributed by atoms with Crippen LogP contribution in [0.4, 0.5) is 11.4 Å². The molecule has 4 amide bonds. The van der Waals surface area contributed by atoms with E-state index >= 15 is 0 Å². The lowest BCUT2D eigenvalue weighted by atomic mass is 9.52. The van der Waals surface area contributed by atoms with Crippen molar-refractivity contribution in [1.29, 1.82) is 0 Å². The van der Waals surface area contributed by atoms with Gasteiger partial charge < -0.3 is 4.74 Å². The highest BCUT2D eigenvalue weighted by molar-refractivity contribution is 6.27. The van der Waals surface area contributed by atoms with Crippen molar-refractivity contribution in [2.75, 3.05) is 16.4 Å². The number of benzene rings is 2. The molecule has 37 heavy (non-hydrogen) atoms. The van der Waals surface area contributed by atoms with Gasteiger partial charge in [-0.15, -0.1) is 0 Å².